The summed E-state index contributed by atoms with van der Waals surface area (Å²) in [6, 6.07) is 9.72. The molecule has 0 radical (unpaired) electrons. The van der Waals surface area contributed by atoms with Crippen LogP contribution >= 0.6 is 0 Å². The van der Waals surface area contributed by atoms with E-state index in [1.165, 1.54) is 5.56 Å². The molecule has 0 bridgehead atoms. The van der Waals surface area contributed by atoms with Crippen LogP contribution in [0.2, 0.25) is 0 Å². The second kappa shape index (κ2) is 9.75. The van der Waals surface area contributed by atoms with Gasteiger partial charge in [-0.25, -0.2) is 14.8 Å². The summed E-state index contributed by atoms with van der Waals surface area (Å²) in [6.45, 7) is 7.73. The molecule has 1 aromatic carbocycles. The molecule has 8 nitrogen and oxygen atoms in total. The standard InChI is InChI=1S/C22H30N6O2/c1-17-4-6-19(7-5-17)26-22(29)23-14-18-3-2-8-28(15-18)21-13-20(24-16-25-21)27-9-11-30-12-10-27/h4-7,13,16,18H,2-3,8-12,14-15H2,1H3,(H2,23,26,29). The number of nitrogens with zero attached hydrogens (tertiary/aromatic N) is 4. The Bertz CT molecular complexity index is 838. The van der Waals surface area contributed by atoms with Gasteiger partial charge in [-0.15, -0.1) is 0 Å². The average molecular weight is 411 g/mol. The van der Waals surface area contributed by atoms with E-state index in [0.29, 0.717) is 12.5 Å². The van der Waals surface area contributed by atoms with E-state index in [1.807, 2.05) is 31.2 Å². The molecule has 0 aliphatic carbocycles. The Balaban J connectivity index is 1.30. The van der Waals surface area contributed by atoms with Crippen molar-refractivity contribution < 1.29 is 9.53 Å². The Hall–Kier alpha value is -2.87. The number of aryl methyl sites for hydroxylation is 1. The second-order valence-corrected chi connectivity index (χ2v) is 7.99. The lowest BCUT2D eigenvalue weighted by molar-refractivity contribution is 0.122. The molecule has 0 saturated carbocycles. The van der Waals surface area contributed by atoms with Crippen LogP contribution in [0.15, 0.2) is 36.7 Å². The molecule has 2 amide bonds. The highest BCUT2D eigenvalue weighted by Crippen LogP contribution is 2.24. The molecule has 2 saturated heterocycles. The van der Waals surface area contributed by atoms with E-state index in [0.717, 1.165) is 69.6 Å². The van der Waals surface area contributed by atoms with Crippen LogP contribution in [0.3, 0.4) is 0 Å². The van der Waals surface area contributed by atoms with Crippen molar-refractivity contribution in [3.63, 3.8) is 0 Å². The summed E-state index contributed by atoms with van der Waals surface area (Å²) in [5.41, 5.74) is 1.98. The summed E-state index contributed by atoms with van der Waals surface area (Å²) < 4.78 is 5.44. The zero-order valence-corrected chi connectivity index (χ0v) is 17.5. The van der Waals surface area contributed by atoms with Crippen molar-refractivity contribution in [1.82, 2.24) is 15.3 Å². The third-order valence-electron chi connectivity index (χ3n) is 5.68. The first-order chi connectivity index (χ1) is 14.7. The van der Waals surface area contributed by atoms with Crippen molar-refractivity contribution in [2.75, 3.05) is 61.1 Å². The second-order valence-electron chi connectivity index (χ2n) is 7.99. The van der Waals surface area contributed by atoms with Gasteiger partial charge in [0.15, 0.2) is 0 Å². The molecule has 1 aromatic heterocycles. The third-order valence-corrected chi connectivity index (χ3v) is 5.68. The van der Waals surface area contributed by atoms with Gasteiger partial charge in [-0.3, -0.25) is 0 Å². The number of carbonyl (C=O) groups is 1. The Morgan fingerprint density at radius 3 is 2.60 bits per heavy atom. The monoisotopic (exact) mass is 410 g/mol. The Labute approximate surface area is 177 Å². The van der Waals surface area contributed by atoms with E-state index in [4.69, 9.17) is 4.74 Å². The van der Waals surface area contributed by atoms with Gasteiger partial charge in [-0.05, 0) is 37.8 Å². The lowest BCUT2D eigenvalue weighted by atomic mass is 9.98. The molecule has 8 heteroatoms. The minimum absolute atomic E-state index is 0.160. The van der Waals surface area contributed by atoms with Crippen LogP contribution in [0.25, 0.3) is 0 Å². The van der Waals surface area contributed by atoms with Crippen molar-refractivity contribution in [3.05, 3.63) is 42.2 Å². The molecule has 160 valence electrons. The fourth-order valence-corrected chi connectivity index (χ4v) is 3.96. The maximum atomic E-state index is 12.2. The maximum Gasteiger partial charge on any atom is 0.319 e. The summed E-state index contributed by atoms with van der Waals surface area (Å²) in [5, 5.41) is 5.91. The van der Waals surface area contributed by atoms with Gasteiger partial charge in [0.1, 0.15) is 18.0 Å². The maximum absolute atomic E-state index is 12.2. The molecule has 0 spiro atoms. The first-order valence-electron chi connectivity index (χ1n) is 10.7. The molecule has 2 N–H and O–H groups in total. The Morgan fingerprint density at radius 1 is 1.10 bits per heavy atom. The van der Waals surface area contributed by atoms with Crippen molar-refractivity contribution in [2.45, 2.75) is 19.8 Å². The normalized spacial score (nSPS) is 19.4. The zero-order valence-electron chi connectivity index (χ0n) is 17.5. The highest BCUT2D eigenvalue weighted by atomic mass is 16.5. The van der Waals surface area contributed by atoms with Gasteiger partial charge in [0, 0.05) is 44.5 Å². The number of anilines is 3. The number of hydrogen-bond acceptors (Lipinski definition) is 6. The van der Waals surface area contributed by atoms with Gasteiger partial charge >= 0.3 is 6.03 Å². The van der Waals surface area contributed by atoms with E-state index in [1.54, 1.807) is 6.33 Å². The van der Waals surface area contributed by atoms with Crippen LogP contribution in [0.4, 0.5) is 22.1 Å². The van der Waals surface area contributed by atoms with Crippen molar-refractivity contribution in [1.29, 1.82) is 0 Å². The molecule has 2 fully saturated rings. The largest absolute Gasteiger partial charge is 0.378 e. The van der Waals surface area contributed by atoms with Gasteiger partial charge in [0.2, 0.25) is 0 Å². The Kier molecular flexibility index (Phi) is 6.63. The van der Waals surface area contributed by atoms with E-state index in [2.05, 4.69) is 36.5 Å². The summed E-state index contributed by atoms with van der Waals surface area (Å²) in [7, 11) is 0. The summed E-state index contributed by atoms with van der Waals surface area (Å²) >= 11 is 0. The Morgan fingerprint density at radius 2 is 1.83 bits per heavy atom. The number of carbonyl (C=O) groups excluding carboxylic acids is 1. The SMILES string of the molecule is Cc1ccc(NC(=O)NCC2CCCN(c3cc(N4CCOCC4)ncn3)C2)cc1. The predicted molar refractivity (Wildman–Crippen MR) is 118 cm³/mol. The number of hydrogen-bond donors (Lipinski definition) is 2. The number of benzene rings is 1. The number of nitrogens with one attached hydrogen (secondary N) is 2. The van der Waals surface area contributed by atoms with Gasteiger partial charge in [0.05, 0.1) is 13.2 Å². The molecule has 3 heterocycles. The van der Waals surface area contributed by atoms with Crippen LogP contribution in [0, 0.1) is 12.8 Å². The third kappa shape index (κ3) is 5.38. The van der Waals surface area contributed by atoms with Crippen molar-refractivity contribution in [3.8, 4) is 0 Å². The number of piperidine rings is 1. The smallest absolute Gasteiger partial charge is 0.319 e. The van der Waals surface area contributed by atoms with Gasteiger partial charge in [0.25, 0.3) is 0 Å². The average Bonchev–Trinajstić information content (AvgIpc) is 2.80. The zero-order chi connectivity index (χ0) is 20.8. The summed E-state index contributed by atoms with van der Waals surface area (Å²) in [5.74, 6) is 2.31. The predicted octanol–water partition coefficient (Wildman–Crippen LogP) is 2.66. The molecular weight excluding hydrogens is 380 g/mol. The highest BCUT2D eigenvalue weighted by Gasteiger charge is 2.22. The molecule has 1 unspecified atom stereocenters. The number of ether oxygens (including phenoxy) is 1. The van der Waals surface area contributed by atoms with Crippen molar-refractivity contribution >= 4 is 23.4 Å². The molecule has 30 heavy (non-hydrogen) atoms. The molecular formula is C22H30N6O2. The molecule has 4 rings (SSSR count). The van der Waals surface area contributed by atoms with E-state index < -0.39 is 0 Å². The lowest BCUT2D eigenvalue weighted by Crippen LogP contribution is -2.42. The first-order valence-corrected chi connectivity index (χ1v) is 10.7. The quantitative estimate of drug-likeness (QED) is 0.789. The number of urea groups is 1. The number of morpholine rings is 1. The molecule has 2 aliphatic rings. The fraction of sp³-hybridized carbons (Fsp3) is 0.500. The lowest BCUT2D eigenvalue weighted by Gasteiger charge is -2.34. The molecule has 1 atom stereocenters. The number of aromatic nitrogens is 2. The summed E-state index contributed by atoms with van der Waals surface area (Å²) in [6.07, 6.45) is 3.84. The first kappa shape index (κ1) is 20.4. The minimum Gasteiger partial charge on any atom is -0.378 e. The fourth-order valence-electron chi connectivity index (χ4n) is 3.96. The van der Waals surface area contributed by atoms with Crippen LogP contribution in [-0.4, -0.2) is 61.9 Å². The topological polar surface area (TPSA) is 82.6 Å². The van der Waals surface area contributed by atoms with Gasteiger partial charge < -0.3 is 25.2 Å². The van der Waals surface area contributed by atoms with E-state index in [-0.39, 0.29) is 6.03 Å². The number of amides is 2. The molecule has 2 aliphatic heterocycles. The molecule has 2 aromatic rings. The van der Waals surface area contributed by atoms with Gasteiger partial charge in [-0.1, -0.05) is 17.7 Å². The highest BCUT2D eigenvalue weighted by molar-refractivity contribution is 5.89. The van der Waals surface area contributed by atoms with E-state index in [9.17, 15) is 4.79 Å². The van der Waals surface area contributed by atoms with E-state index >= 15 is 0 Å². The van der Waals surface area contributed by atoms with Crippen molar-refractivity contribution in [2.24, 2.45) is 5.92 Å². The van der Waals surface area contributed by atoms with Crippen LogP contribution < -0.4 is 20.4 Å². The van der Waals surface area contributed by atoms with Crippen LogP contribution in [-0.2, 0) is 4.74 Å². The van der Waals surface area contributed by atoms with Crippen LogP contribution in [0.5, 0.6) is 0 Å². The minimum atomic E-state index is -0.160. The van der Waals surface area contributed by atoms with Crippen LogP contribution in [0.1, 0.15) is 18.4 Å². The van der Waals surface area contributed by atoms with Gasteiger partial charge in [-0.2, -0.15) is 0 Å². The summed E-state index contributed by atoms with van der Waals surface area (Å²) in [4.78, 5) is 25.7. The number of rotatable bonds is 5.